The van der Waals surface area contributed by atoms with Gasteiger partial charge in [0.05, 0.1) is 5.69 Å². The highest BCUT2D eigenvalue weighted by atomic mass is 79.9. The fraction of sp³-hybridized carbons (Fsp3) is 0.333. The molecule has 1 amide bonds. The van der Waals surface area contributed by atoms with Crippen molar-refractivity contribution in [2.75, 3.05) is 5.32 Å². The number of amides is 1. The minimum absolute atomic E-state index is 0.0404. The Kier molecular flexibility index (Phi) is 4.88. The van der Waals surface area contributed by atoms with Crippen molar-refractivity contribution in [3.05, 3.63) is 28.5 Å². The van der Waals surface area contributed by atoms with E-state index in [-0.39, 0.29) is 11.5 Å². The van der Waals surface area contributed by atoms with Crippen LogP contribution in [0.2, 0.25) is 0 Å². The largest absolute Gasteiger partial charge is 0.409 e. The smallest absolute Gasteiger partial charge is 0.238 e. The normalized spacial score (nSPS) is 14.8. The minimum atomic E-state index is -1.20. The summed E-state index contributed by atoms with van der Waals surface area (Å²) in [4.78, 5) is 12.1. The second kappa shape index (κ2) is 6.01. The lowest BCUT2D eigenvalue weighted by atomic mass is 9.85. The van der Waals surface area contributed by atoms with E-state index in [1.165, 1.54) is 19.1 Å². The number of oxime groups is 1. The van der Waals surface area contributed by atoms with E-state index in [4.69, 9.17) is 10.9 Å². The Hall–Kier alpha value is -1.63. The summed E-state index contributed by atoms with van der Waals surface area (Å²) in [6.45, 7) is 3.24. The Morgan fingerprint density at radius 1 is 1.63 bits per heavy atom. The van der Waals surface area contributed by atoms with Crippen LogP contribution in [0.25, 0.3) is 0 Å². The number of hydrogen-bond acceptors (Lipinski definition) is 3. The van der Waals surface area contributed by atoms with Crippen LogP contribution in [0, 0.1) is 11.2 Å². The third kappa shape index (κ3) is 3.23. The van der Waals surface area contributed by atoms with Crippen LogP contribution in [0.4, 0.5) is 10.1 Å². The van der Waals surface area contributed by atoms with E-state index in [9.17, 15) is 9.18 Å². The van der Waals surface area contributed by atoms with Gasteiger partial charge >= 0.3 is 0 Å². The highest BCUT2D eigenvalue weighted by molar-refractivity contribution is 9.10. The van der Waals surface area contributed by atoms with E-state index in [1.54, 1.807) is 13.0 Å². The Labute approximate surface area is 118 Å². The Morgan fingerprint density at radius 2 is 2.26 bits per heavy atom. The monoisotopic (exact) mass is 331 g/mol. The summed E-state index contributed by atoms with van der Waals surface area (Å²) in [5, 5.41) is 14.0. The summed E-state index contributed by atoms with van der Waals surface area (Å²) in [7, 11) is 0. The van der Waals surface area contributed by atoms with Gasteiger partial charge in [0.1, 0.15) is 11.2 Å². The first-order chi connectivity index (χ1) is 8.85. The molecule has 1 aromatic rings. The highest BCUT2D eigenvalue weighted by Gasteiger charge is 2.36. The van der Waals surface area contributed by atoms with Crippen LogP contribution >= 0.6 is 15.9 Å². The van der Waals surface area contributed by atoms with E-state index in [0.29, 0.717) is 10.9 Å². The van der Waals surface area contributed by atoms with Gasteiger partial charge in [0.15, 0.2) is 5.84 Å². The molecule has 0 radical (unpaired) electrons. The minimum Gasteiger partial charge on any atom is -0.409 e. The number of nitrogens with one attached hydrogen (secondary N) is 1. The molecular formula is C12H15BrFN3O2. The number of amidine groups is 1. The van der Waals surface area contributed by atoms with Gasteiger partial charge in [0.2, 0.25) is 5.91 Å². The van der Waals surface area contributed by atoms with Gasteiger partial charge in [-0.2, -0.15) is 0 Å². The molecule has 0 aliphatic carbocycles. The number of carbonyl (C=O) groups excluding carboxylic acids is 1. The molecule has 19 heavy (non-hydrogen) atoms. The standard InChI is InChI=1S/C12H15BrFN3O2/c1-3-12(2,10(15)17-19)11(18)16-9-5-4-7(13)6-8(9)14/h4-6,19H,3H2,1-2H3,(H2,15,17)(H,16,18). The summed E-state index contributed by atoms with van der Waals surface area (Å²) in [6, 6.07) is 4.27. The Bertz CT molecular complexity index is 522. The van der Waals surface area contributed by atoms with Crippen LogP contribution in [0.3, 0.4) is 0 Å². The molecule has 0 saturated carbocycles. The molecule has 0 heterocycles. The maximum atomic E-state index is 13.6. The molecule has 0 fully saturated rings. The fourth-order valence-electron chi connectivity index (χ4n) is 1.42. The first kappa shape index (κ1) is 15.4. The number of anilines is 1. The van der Waals surface area contributed by atoms with Crippen LogP contribution in [-0.2, 0) is 4.79 Å². The van der Waals surface area contributed by atoms with Crippen LogP contribution < -0.4 is 11.1 Å². The summed E-state index contributed by atoms with van der Waals surface area (Å²) >= 11 is 3.13. The van der Waals surface area contributed by atoms with Crippen molar-refractivity contribution in [1.82, 2.24) is 0 Å². The van der Waals surface area contributed by atoms with E-state index in [1.807, 2.05) is 0 Å². The zero-order valence-electron chi connectivity index (χ0n) is 10.6. The number of benzene rings is 1. The van der Waals surface area contributed by atoms with Crippen molar-refractivity contribution in [2.45, 2.75) is 20.3 Å². The second-order valence-electron chi connectivity index (χ2n) is 4.25. The number of nitrogens with two attached hydrogens (primary N) is 1. The van der Waals surface area contributed by atoms with Crippen LogP contribution in [0.1, 0.15) is 20.3 Å². The molecule has 1 rings (SSSR count). The third-order valence-corrected chi connectivity index (χ3v) is 3.55. The molecule has 1 atom stereocenters. The molecule has 104 valence electrons. The summed E-state index contributed by atoms with van der Waals surface area (Å²) in [5.41, 5.74) is 4.36. The third-order valence-electron chi connectivity index (χ3n) is 3.06. The molecule has 0 aliphatic rings. The predicted molar refractivity (Wildman–Crippen MR) is 74.5 cm³/mol. The van der Waals surface area contributed by atoms with Gasteiger partial charge in [0, 0.05) is 4.47 Å². The molecular weight excluding hydrogens is 317 g/mol. The number of carbonyl (C=O) groups is 1. The SMILES string of the molecule is CCC(C)(C(=O)Nc1ccc(Br)cc1F)/C(N)=N/O. The molecule has 4 N–H and O–H groups in total. The van der Waals surface area contributed by atoms with Crippen LogP contribution in [0.15, 0.2) is 27.8 Å². The highest BCUT2D eigenvalue weighted by Crippen LogP contribution is 2.26. The lowest BCUT2D eigenvalue weighted by Crippen LogP contribution is -2.44. The van der Waals surface area contributed by atoms with Gasteiger partial charge in [-0.3, -0.25) is 4.79 Å². The molecule has 0 aliphatic heterocycles. The molecule has 0 aromatic heterocycles. The average molecular weight is 332 g/mol. The van der Waals surface area contributed by atoms with E-state index >= 15 is 0 Å². The van der Waals surface area contributed by atoms with E-state index < -0.39 is 17.1 Å². The van der Waals surface area contributed by atoms with Crippen molar-refractivity contribution < 1.29 is 14.4 Å². The van der Waals surface area contributed by atoms with Crippen molar-refractivity contribution in [2.24, 2.45) is 16.3 Å². The molecule has 5 nitrogen and oxygen atoms in total. The van der Waals surface area contributed by atoms with Crippen molar-refractivity contribution in [1.29, 1.82) is 0 Å². The Morgan fingerprint density at radius 3 is 2.74 bits per heavy atom. The zero-order chi connectivity index (χ0) is 14.6. The zero-order valence-corrected chi connectivity index (χ0v) is 12.2. The fourth-order valence-corrected chi connectivity index (χ4v) is 1.75. The molecule has 7 heteroatoms. The van der Waals surface area contributed by atoms with E-state index in [2.05, 4.69) is 26.4 Å². The number of hydrogen-bond donors (Lipinski definition) is 3. The van der Waals surface area contributed by atoms with Gasteiger partial charge in [-0.1, -0.05) is 28.0 Å². The van der Waals surface area contributed by atoms with Gasteiger partial charge < -0.3 is 16.3 Å². The first-order valence-electron chi connectivity index (χ1n) is 5.59. The van der Waals surface area contributed by atoms with Gasteiger partial charge in [0.25, 0.3) is 0 Å². The molecule has 0 saturated heterocycles. The number of halogens is 2. The molecule has 0 bridgehead atoms. The Balaban J connectivity index is 3.01. The number of rotatable bonds is 4. The van der Waals surface area contributed by atoms with E-state index in [0.717, 1.165) is 0 Å². The second-order valence-corrected chi connectivity index (χ2v) is 5.16. The molecule has 1 unspecified atom stereocenters. The first-order valence-corrected chi connectivity index (χ1v) is 6.39. The van der Waals surface area contributed by atoms with Gasteiger partial charge in [-0.25, -0.2) is 4.39 Å². The molecule has 1 aromatic carbocycles. The average Bonchev–Trinajstić information content (AvgIpc) is 2.39. The maximum absolute atomic E-state index is 13.6. The summed E-state index contributed by atoms with van der Waals surface area (Å²) in [6.07, 6.45) is 0.312. The predicted octanol–water partition coefficient (Wildman–Crippen LogP) is 2.69. The molecule has 0 spiro atoms. The van der Waals surface area contributed by atoms with Crippen LogP contribution in [-0.4, -0.2) is 17.0 Å². The van der Waals surface area contributed by atoms with Gasteiger partial charge in [-0.05, 0) is 31.5 Å². The summed E-state index contributed by atoms with van der Waals surface area (Å²) in [5.74, 6) is -1.32. The lowest BCUT2D eigenvalue weighted by molar-refractivity contribution is -0.121. The quantitative estimate of drug-likeness (QED) is 0.343. The van der Waals surface area contributed by atoms with Crippen molar-refractivity contribution in [3.63, 3.8) is 0 Å². The lowest BCUT2D eigenvalue weighted by Gasteiger charge is -2.25. The number of nitrogens with zero attached hydrogens (tertiary/aromatic N) is 1. The van der Waals surface area contributed by atoms with Gasteiger partial charge in [-0.15, -0.1) is 0 Å². The van der Waals surface area contributed by atoms with Crippen molar-refractivity contribution >= 4 is 33.4 Å². The maximum Gasteiger partial charge on any atom is 0.238 e. The van der Waals surface area contributed by atoms with Crippen molar-refractivity contribution in [3.8, 4) is 0 Å². The van der Waals surface area contributed by atoms with Crippen LogP contribution in [0.5, 0.6) is 0 Å². The topological polar surface area (TPSA) is 87.7 Å². The summed E-state index contributed by atoms with van der Waals surface area (Å²) < 4.78 is 14.2.